The van der Waals surface area contributed by atoms with Crippen molar-refractivity contribution in [3.8, 4) is 0 Å². The van der Waals surface area contributed by atoms with Gasteiger partial charge in [-0.15, -0.1) is 11.3 Å². The van der Waals surface area contributed by atoms with Gasteiger partial charge < -0.3 is 5.73 Å². The first kappa shape index (κ1) is 10.4. The lowest BCUT2D eigenvalue weighted by Gasteiger charge is -1.97. The number of thiazole rings is 1. The van der Waals surface area contributed by atoms with Gasteiger partial charge >= 0.3 is 0 Å². The van der Waals surface area contributed by atoms with E-state index in [-0.39, 0.29) is 0 Å². The Balaban J connectivity index is 1.96. The molecule has 2 N–H and O–H groups in total. The van der Waals surface area contributed by atoms with Gasteiger partial charge in [0.15, 0.2) is 10.3 Å². The predicted molar refractivity (Wildman–Crippen MR) is 62.9 cm³/mol. The summed E-state index contributed by atoms with van der Waals surface area (Å²) >= 11 is 3.09. The summed E-state index contributed by atoms with van der Waals surface area (Å²) in [5.74, 6) is 0.817. The minimum Gasteiger partial charge on any atom is -0.375 e. The lowest BCUT2D eigenvalue weighted by Crippen LogP contribution is -1.86. The minimum absolute atomic E-state index is 0.607. The highest BCUT2D eigenvalue weighted by Crippen LogP contribution is 2.23. The highest BCUT2D eigenvalue weighted by Gasteiger charge is 2.01. The van der Waals surface area contributed by atoms with Gasteiger partial charge in [0.2, 0.25) is 0 Å². The molecule has 0 aliphatic carbocycles. The van der Waals surface area contributed by atoms with E-state index in [4.69, 9.17) is 5.73 Å². The maximum absolute atomic E-state index is 5.53. The molecule has 78 valence electrons. The molecule has 0 amide bonds. The summed E-state index contributed by atoms with van der Waals surface area (Å²) in [5, 5.41) is 1.39. The molecule has 2 heterocycles. The van der Waals surface area contributed by atoms with E-state index in [1.165, 1.54) is 11.3 Å². The summed E-state index contributed by atoms with van der Waals surface area (Å²) in [6.07, 6.45) is 5.42. The highest BCUT2D eigenvalue weighted by molar-refractivity contribution is 7.98. The van der Waals surface area contributed by atoms with Crippen LogP contribution in [0.15, 0.2) is 23.7 Å². The van der Waals surface area contributed by atoms with Crippen molar-refractivity contribution in [2.75, 3.05) is 5.73 Å². The van der Waals surface area contributed by atoms with Crippen molar-refractivity contribution in [2.45, 2.75) is 17.8 Å². The van der Waals surface area contributed by atoms with Crippen LogP contribution >= 0.6 is 23.1 Å². The first-order chi connectivity index (χ1) is 7.24. The Morgan fingerprint density at radius 3 is 2.60 bits per heavy atom. The second-order valence-corrected chi connectivity index (χ2v) is 5.09. The normalized spacial score (nSPS) is 10.5. The number of rotatable bonds is 3. The monoisotopic (exact) mass is 238 g/mol. The quantitative estimate of drug-likeness (QED) is 0.655. The lowest BCUT2D eigenvalue weighted by atomic mass is 10.4. The Hall–Kier alpha value is -1.14. The van der Waals surface area contributed by atoms with Crippen molar-refractivity contribution < 1.29 is 0 Å². The second-order valence-electron chi connectivity index (χ2n) is 3.00. The number of aromatic nitrogens is 3. The highest BCUT2D eigenvalue weighted by atomic mass is 32.2. The topological polar surface area (TPSA) is 64.7 Å². The maximum atomic E-state index is 5.53. The van der Waals surface area contributed by atoms with Gasteiger partial charge in [0.25, 0.3) is 0 Å². The van der Waals surface area contributed by atoms with Gasteiger partial charge in [-0.25, -0.2) is 15.0 Å². The Labute approximate surface area is 96.0 Å². The van der Waals surface area contributed by atoms with Gasteiger partial charge in [0.1, 0.15) is 0 Å². The molecule has 0 spiro atoms. The van der Waals surface area contributed by atoms with Crippen LogP contribution in [0.1, 0.15) is 10.4 Å². The van der Waals surface area contributed by atoms with E-state index in [1.54, 1.807) is 18.0 Å². The van der Waals surface area contributed by atoms with Crippen LogP contribution < -0.4 is 5.73 Å². The predicted octanol–water partition coefficient (Wildman–Crippen LogP) is 2.12. The molecule has 2 aromatic heterocycles. The fourth-order valence-electron chi connectivity index (χ4n) is 0.980. The molecule has 0 saturated heterocycles. The van der Waals surface area contributed by atoms with Crippen molar-refractivity contribution in [1.82, 2.24) is 15.0 Å². The Kier molecular flexibility index (Phi) is 3.17. The van der Waals surface area contributed by atoms with Crippen LogP contribution in [0.3, 0.4) is 0 Å². The van der Waals surface area contributed by atoms with Gasteiger partial charge in [-0.3, -0.25) is 0 Å². The molecule has 0 saturated carbocycles. The first-order valence-corrected chi connectivity index (χ1v) is 6.16. The van der Waals surface area contributed by atoms with Gasteiger partial charge in [-0.1, -0.05) is 11.8 Å². The van der Waals surface area contributed by atoms with Crippen LogP contribution in [0.5, 0.6) is 0 Å². The van der Waals surface area contributed by atoms with Crippen LogP contribution in [0, 0.1) is 6.92 Å². The molecule has 0 radical (unpaired) electrons. The van der Waals surface area contributed by atoms with Gasteiger partial charge in [-0.05, 0) is 12.5 Å². The molecule has 4 nitrogen and oxygen atoms in total. The average molecular weight is 238 g/mol. The fraction of sp³-hybridized carbons (Fsp3) is 0.222. The molecule has 0 unspecified atom stereocenters. The van der Waals surface area contributed by atoms with E-state index >= 15 is 0 Å². The third-order valence-corrected chi connectivity index (χ3v) is 3.61. The summed E-state index contributed by atoms with van der Waals surface area (Å²) in [6, 6.07) is 0. The van der Waals surface area contributed by atoms with E-state index < -0.39 is 0 Å². The molecule has 0 aliphatic heterocycles. The van der Waals surface area contributed by atoms with Crippen molar-refractivity contribution in [1.29, 1.82) is 0 Å². The third kappa shape index (κ3) is 2.90. The van der Waals surface area contributed by atoms with Crippen molar-refractivity contribution in [3.63, 3.8) is 0 Å². The molecular weight excluding hydrogens is 228 g/mol. The van der Waals surface area contributed by atoms with Gasteiger partial charge in [0, 0.05) is 29.2 Å². The molecule has 2 aromatic rings. The zero-order valence-corrected chi connectivity index (χ0v) is 9.81. The van der Waals surface area contributed by atoms with Crippen LogP contribution in [-0.4, -0.2) is 15.0 Å². The van der Waals surface area contributed by atoms with E-state index in [1.807, 2.05) is 19.3 Å². The van der Waals surface area contributed by atoms with Crippen LogP contribution in [-0.2, 0) is 5.75 Å². The molecule has 6 heteroatoms. The number of nitrogen functional groups attached to an aromatic ring is 1. The number of hydrogen-bond donors (Lipinski definition) is 1. The van der Waals surface area contributed by atoms with Gasteiger partial charge in [-0.2, -0.15) is 0 Å². The maximum Gasteiger partial charge on any atom is 0.187 e. The Morgan fingerprint density at radius 1 is 1.27 bits per heavy atom. The summed E-state index contributed by atoms with van der Waals surface area (Å²) in [7, 11) is 0. The smallest absolute Gasteiger partial charge is 0.187 e. The standard InChI is InChI=1S/C9H10N4S2/c1-6-2-12-9(13-3-6)14-5-7-4-11-8(10)15-7/h2-4H,5H2,1H3,(H2,10,11). The third-order valence-electron chi connectivity index (χ3n) is 1.67. The lowest BCUT2D eigenvalue weighted by molar-refractivity contribution is 0.950. The second kappa shape index (κ2) is 4.59. The first-order valence-electron chi connectivity index (χ1n) is 4.35. The zero-order chi connectivity index (χ0) is 10.7. The molecule has 0 aromatic carbocycles. The molecule has 0 atom stereocenters. The molecular formula is C9H10N4S2. The van der Waals surface area contributed by atoms with Crippen LogP contribution in [0.4, 0.5) is 5.13 Å². The van der Waals surface area contributed by atoms with Crippen molar-refractivity contribution in [2.24, 2.45) is 0 Å². The van der Waals surface area contributed by atoms with E-state index in [0.29, 0.717) is 5.13 Å². The van der Waals surface area contributed by atoms with E-state index in [0.717, 1.165) is 21.3 Å². The SMILES string of the molecule is Cc1cnc(SCc2cnc(N)s2)nc1. The largest absolute Gasteiger partial charge is 0.375 e. The van der Waals surface area contributed by atoms with Gasteiger partial charge in [0.05, 0.1) is 0 Å². The van der Waals surface area contributed by atoms with E-state index in [2.05, 4.69) is 15.0 Å². The Morgan fingerprint density at radius 2 is 2.00 bits per heavy atom. The number of hydrogen-bond acceptors (Lipinski definition) is 6. The number of anilines is 1. The zero-order valence-electron chi connectivity index (χ0n) is 8.17. The Bertz CT molecular complexity index is 438. The van der Waals surface area contributed by atoms with Crippen molar-refractivity contribution >= 4 is 28.2 Å². The molecule has 0 bridgehead atoms. The number of thioether (sulfide) groups is 1. The summed E-state index contributed by atoms with van der Waals surface area (Å²) in [6.45, 7) is 1.97. The summed E-state index contributed by atoms with van der Waals surface area (Å²) < 4.78 is 0. The fourth-order valence-corrected chi connectivity index (χ4v) is 2.47. The van der Waals surface area contributed by atoms with E-state index in [9.17, 15) is 0 Å². The molecule has 2 rings (SSSR count). The molecule has 0 aliphatic rings. The van der Waals surface area contributed by atoms with Crippen LogP contribution in [0.25, 0.3) is 0 Å². The van der Waals surface area contributed by atoms with Crippen LogP contribution in [0.2, 0.25) is 0 Å². The summed E-state index contributed by atoms with van der Waals surface area (Å²) in [4.78, 5) is 13.5. The summed E-state index contributed by atoms with van der Waals surface area (Å²) in [5.41, 5.74) is 6.61. The average Bonchev–Trinajstić information content (AvgIpc) is 2.64. The number of nitrogens with zero attached hydrogens (tertiary/aromatic N) is 3. The molecule has 0 fully saturated rings. The minimum atomic E-state index is 0.607. The van der Waals surface area contributed by atoms with Crippen molar-refractivity contribution in [3.05, 3.63) is 29.0 Å². The number of nitrogens with two attached hydrogens (primary N) is 1. The number of aryl methyl sites for hydroxylation is 1. The molecule has 15 heavy (non-hydrogen) atoms.